The van der Waals surface area contributed by atoms with Crippen LogP contribution in [-0.2, 0) is 0 Å². The van der Waals surface area contributed by atoms with Crippen LogP contribution in [0.25, 0.3) is 5.52 Å². The molecule has 2 heterocycles. The molecular weight excluding hydrogens is 189 g/mol. The van der Waals surface area contributed by atoms with E-state index in [-0.39, 0.29) is 0 Å². The second kappa shape index (κ2) is 3.72. The van der Waals surface area contributed by atoms with E-state index in [4.69, 9.17) is 7.85 Å². The number of aliphatic imine (C=N–C) groups is 1. The second-order valence-electron chi connectivity index (χ2n) is 3.41. The lowest BCUT2D eigenvalue weighted by atomic mass is 10.0. The van der Waals surface area contributed by atoms with Crippen molar-refractivity contribution in [2.75, 3.05) is 14.1 Å². The van der Waals surface area contributed by atoms with Gasteiger partial charge < -0.3 is 4.90 Å². The number of hydrogen-bond acceptors (Lipinski definition) is 3. The molecule has 0 unspecified atom stereocenters. The van der Waals surface area contributed by atoms with E-state index in [1.165, 1.54) is 0 Å². The van der Waals surface area contributed by atoms with Gasteiger partial charge in [-0.1, -0.05) is 5.46 Å². The molecule has 0 bridgehead atoms. The number of rotatable bonds is 2. The molecule has 74 valence electrons. The Morgan fingerprint density at radius 3 is 3.07 bits per heavy atom. The molecule has 2 rings (SSSR count). The Hall–Kier alpha value is -1.85. The molecule has 5 nitrogen and oxygen atoms in total. The van der Waals surface area contributed by atoms with Crippen LogP contribution in [0.3, 0.4) is 0 Å². The molecule has 15 heavy (non-hydrogen) atoms. The maximum atomic E-state index is 5.63. The summed E-state index contributed by atoms with van der Waals surface area (Å²) >= 11 is 0. The molecule has 0 atom stereocenters. The highest BCUT2D eigenvalue weighted by Gasteiger charge is 1.98. The van der Waals surface area contributed by atoms with Crippen LogP contribution in [0.4, 0.5) is 5.95 Å². The first kappa shape index (κ1) is 9.70. The summed E-state index contributed by atoms with van der Waals surface area (Å²) in [6, 6.07) is 1.80. The quantitative estimate of drug-likeness (QED) is 0.380. The van der Waals surface area contributed by atoms with Crippen molar-refractivity contribution in [3.63, 3.8) is 0 Å². The van der Waals surface area contributed by atoms with Gasteiger partial charge in [-0.2, -0.15) is 0 Å². The fraction of sp³-hybridized carbons (Fsp3) is 0.222. The fourth-order valence-electron chi connectivity index (χ4n) is 1.15. The van der Waals surface area contributed by atoms with E-state index in [0.717, 1.165) is 5.52 Å². The number of aromatic nitrogens is 3. The van der Waals surface area contributed by atoms with Gasteiger partial charge in [-0.3, -0.25) is 0 Å². The second-order valence-corrected chi connectivity index (χ2v) is 3.41. The monoisotopic (exact) mass is 199 g/mol. The zero-order valence-corrected chi connectivity index (χ0v) is 8.62. The molecule has 0 N–H and O–H groups in total. The number of nitrogens with zero attached hydrogens (tertiary/aromatic N) is 5. The molecule has 0 saturated heterocycles. The highest BCUT2D eigenvalue weighted by atomic mass is 15.3. The Kier molecular flexibility index (Phi) is 2.41. The molecule has 2 radical (unpaired) electrons. The molecule has 0 aliphatic carbocycles. The van der Waals surface area contributed by atoms with Gasteiger partial charge in [0, 0.05) is 20.3 Å². The zero-order valence-electron chi connectivity index (χ0n) is 8.62. The molecule has 2 aromatic rings. The van der Waals surface area contributed by atoms with E-state index < -0.39 is 0 Å². The maximum absolute atomic E-state index is 5.63. The molecule has 0 fully saturated rings. The summed E-state index contributed by atoms with van der Waals surface area (Å²) in [6.45, 7) is 0. The first-order valence-electron chi connectivity index (χ1n) is 4.47. The smallest absolute Gasteiger partial charge is 0.268 e. The first-order chi connectivity index (χ1) is 7.15. The van der Waals surface area contributed by atoms with Gasteiger partial charge in [0.25, 0.3) is 5.95 Å². The van der Waals surface area contributed by atoms with Gasteiger partial charge in [-0.05, 0) is 6.07 Å². The van der Waals surface area contributed by atoms with Gasteiger partial charge in [-0.15, -0.1) is 5.10 Å². The zero-order chi connectivity index (χ0) is 10.8. The SMILES string of the molecule is [B]c1cc2cnc(N=CN(C)C)nn2c1. The van der Waals surface area contributed by atoms with Crippen molar-refractivity contribution in [3.05, 3.63) is 18.5 Å². The minimum Gasteiger partial charge on any atom is -0.369 e. The van der Waals surface area contributed by atoms with Crippen LogP contribution in [0.1, 0.15) is 0 Å². The van der Waals surface area contributed by atoms with Crippen LogP contribution < -0.4 is 5.46 Å². The Morgan fingerprint density at radius 1 is 1.53 bits per heavy atom. The average molecular weight is 199 g/mol. The molecule has 0 saturated carbocycles. The van der Waals surface area contributed by atoms with E-state index >= 15 is 0 Å². The minimum atomic E-state index is 0.409. The summed E-state index contributed by atoms with van der Waals surface area (Å²) in [5, 5.41) is 4.17. The predicted molar refractivity (Wildman–Crippen MR) is 60.2 cm³/mol. The maximum Gasteiger partial charge on any atom is 0.268 e. The number of hydrogen-bond donors (Lipinski definition) is 0. The summed E-state index contributed by atoms with van der Waals surface area (Å²) in [7, 11) is 9.40. The van der Waals surface area contributed by atoms with Crippen LogP contribution >= 0.6 is 0 Å². The Balaban J connectivity index is 2.38. The molecule has 0 aliphatic heterocycles. The highest BCUT2D eigenvalue weighted by molar-refractivity contribution is 6.32. The van der Waals surface area contributed by atoms with Crippen molar-refractivity contribution in [1.82, 2.24) is 19.5 Å². The van der Waals surface area contributed by atoms with Crippen LogP contribution in [0.2, 0.25) is 0 Å². The summed E-state index contributed by atoms with van der Waals surface area (Å²) in [5.41, 5.74) is 1.52. The minimum absolute atomic E-state index is 0.409. The van der Waals surface area contributed by atoms with Gasteiger partial charge >= 0.3 is 0 Å². The van der Waals surface area contributed by atoms with Crippen LogP contribution in [-0.4, -0.2) is 47.8 Å². The molecule has 2 aromatic heterocycles. The van der Waals surface area contributed by atoms with Gasteiger partial charge in [0.1, 0.15) is 7.85 Å². The first-order valence-corrected chi connectivity index (χ1v) is 4.47. The molecule has 0 aliphatic rings. The average Bonchev–Trinajstić information content (AvgIpc) is 2.53. The fourth-order valence-corrected chi connectivity index (χ4v) is 1.15. The van der Waals surface area contributed by atoms with Crippen molar-refractivity contribution in [1.29, 1.82) is 0 Å². The predicted octanol–water partition coefficient (Wildman–Crippen LogP) is -0.256. The van der Waals surface area contributed by atoms with E-state index in [9.17, 15) is 0 Å². The summed E-state index contributed by atoms with van der Waals surface area (Å²) in [6.07, 6.45) is 5.06. The third kappa shape index (κ3) is 2.15. The van der Waals surface area contributed by atoms with Gasteiger partial charge in [-0.25, -0.2) is 14.5 Å². The summed E-state index contributed by atoms with van der Waals surface area (Å²) < 4.78 is 1.66. The largest absolute Gasteiger partial charge is 0.369 e. The number of fused-ring (bicyclic) bond motifs is 1. The third-order valence-electron chi connectivity index (χ3n) is 1.76. The summed E-state index contributed by atoms with van der Waals surface area (Å²) in [4.78, 5) is 9.98. The van der Waals surface area contributed by atoms with Gasteiger partial charge in [0.05, 0.1) is 18.1 Å². The lowest BCUT2D eigenvalue weighted by Gasteiger charge is -2.01. The summed E-state index contributed by atoms with van der Waals surface area (Å²) in [5.74, 6) is 0.409. The third-order valence-corrected chi connectivity index (χ3v) is 1.76. The van der Waals surface area contributed by atoms with E-state index in [0.29, 0.717) is 11.4 Å². The molecule has 0 spiro atoms. The van der Waals surface area contributed by atoms with E-state index in [1.807, 2.05) is 19.0 Å². The van der Waals surface area contributed by atoms with Crippen molar-refractivity contribution >= 4 is 31.1 Å². The molecular formula is C9H10BN5. The van der Waals surface area contributed by atoms with Gasteiger partial charge in [0.2, 0.25) is 0 Å². The normalized spacial score (nSPS) is 11.3. The van der Waals surface area contributed by atoms with Crippen molar-refractivity contribution in [3.8, 4) is 0 Å². The standard InChI is InChI=1S/C9H10BN5/c1-14(2)6-12-9-11-4-8-3-7(10)5-15(8)13-9/h3-6H,1-2H3. The van der Waals surface area contributed by atoms with Gasteiger partial charge in [0.15, 0.2) is 0 Å². The topological polar surface area (TPSA) is 45.8 Å². The lowest BCUT2D eigenvalue weighted by molar-refractivity contribution is 0.642. The Bertz CT molecular complexity index is 502. The van der Waals surface area contributed by atoms with Crippen LogP contribution in [0.15, 0.2) is 23.5 Å². The molecule has 0 aromatic carbocycles. The van der Waals surface area contributed by atoms with Crippen LogP contribution in [0, 0.1) is 0 Å². The van der Waals surface area contributed by atoms with Crippen LogP contribution in [0.5, 0.6) is 0 Å². The van der Waals surface area contributed by atoms with E-state index in [1.54, 1.807) is 29.3 Å². The highest BCUT2D eigenvalue weighted by Crippen LogP contribution is 2.04. The van der Waals surface area contributed by atoms with E-state index in [2.05, 4.69) is 15.1 Å². The molecule has 6 heteroatoms. The molecule has 0 amide bonds. The van der Waals surface area contributed by atoms with Crippen molar-refractivity contribution in [2.45, 2.75) is 0 Å². The Labute approximate surface area is 88.9 Å². The lowest BCUT2D eigenvalue weighted by Crippen LogP contribution is -2.07. The van der Waals surface area contributed by atoms with Crippen molar-refractivity contribution < 1.29 is 0 Å². The Morgan fingerprint density at radius 2 is 2.33 bits per heavy atom. The van der Waals surface area contributed by atoms with Crippen molar-refractivity contribution in [2.24, 2.45) is 4.99 Å².